The third-order valence-electron chi connectivity index (χ3n) is 5.22. The minimum Gasteiger partial charge on any atom is -0.309 e. The van der Waals surface area contributed by atoms with Crippen LogP contribution in [0.2, 0.25) is 0 Å². The highest BCUT2D eigenvalue weighted by atomic mass is 16.2. The van der Waals surface area contributed by atoms with Crippen molar-refractivity contribution in [3.05, 3.63) is 35.9 Å². The number of imide groups is 1. The Morgan fingerprint density at radius 2 is 1.74 bits per heavy atom. The fourth-order valence-corrected chi connectivity index (χ4v) is 3.73. The Morgan fingerprint density at radius 1 is 1.09 bits per heavy atom. The predicted octanol–water partition coefficient (Wildman–Crippen LogP) is 1.98. The van der Waals surface area contributed by atoms with Gasteiger partial charge >= 0.3 is 6.03 Å². The summed E-state index contributed by atoms with van der Waals surface area (Å²) in [5, 5.41) is 0. The van der Waals surface area contributed by atoms with E-state index in [9.17, 15) is 9.59 Å². The lowest BCUT2D eigenvalue weighted by molar-refractivity contribution is -0.135. The standard InChI is InChI=1S/C18H25N3O2/c1-3-20-16(22)18(10-13-19(2)14-11-18)21(17(20)23)12-9-15-7-5-4-6-8-15/h4-8H,3,9-14H2,1-2H3. The maximum absolute atomic E-state index is 12.9. The molecule has 23 heavy (non-hydrogen) atoms. The van der Waals surface area contributed by atoms with Crippen molar-refractivity contribution in [2.75, 3.05) is 33.2 Å². The Balaban J connectivity index is 1.82. The van der Waals surface area contributed by atoms with Crippen molar-refractivity contribution in [3.8, 4) is 0 Å². The normalized spacial score (nSPS) is 21.5. The molecule has 1 aromatic rings. The van der Waals surface area contributed by atoms with Gasteiger partial charge in [0.2, 0.25) is 0 Å². The molecule has 2 aliphatic heterocycles. The van der Waals surface area contributed by atoms with Crippen molar-refractivity contribution in [1.29, 1.82) is 0 Å². The summed E-state index contributed by atoms with van der Waals surface area (Å²) < 4.78 is 0. The molecular weight excluding hydrogens is 290 g/mol. The molecule has 0 N–H and O–H groups in total. The number of hydrogen-bond donors (Lipinski definition) is 0. The summed E-state index contributed by atoms with van der Waals surface area (Å²) in [5.41, 5.74) is 0.583. The number of urea groups is 1. The topological polar surface area (TPSA) is 43.9 Å². The van der Waals surface area contributed by atoms with Gasteiger partial charge in [-0.2, -0.15) is 0 Å². The van der Waals surface area contributed by atoms with Gasteiger partial charge in [0, 0.05) is 26.2 Å². The van der Waals surface area contributed by atoms with E-state index in [2.05, 4.69) is 24.1 Å². The molecular formula is C18H25N3O2. The summed E-state index contributed by atoms with van der Waals surface area (Å²) in [4.78, 5) is 31.1. The highest BCUT2D eigenvalue weighted by Crippen LogP contribution is 2.37. The lowest BCUT2D eigenvalue weighted by Crippen LogP contribution is -2.56. The summed E-state index contributed by atoms with van der Waals surface area (Å²) in [7, 11) is 2.07. The molecule has 2 saturated heterocycles. The molecule has 0 unspecified atom stereocenters. The molecule has 2 heterocycles. The van der Waals surface area contributed by atoms with E-state index in [0.717, 1.165) is 32.4 Å². The molecule has 0 radical (unpaired) electrons. The summed E-state index contributed by atoms with van der Waals surface area (Å²) in [6, 6.07) is 10.0. The van der Waals surface area contributed by atoms with Gasteiger partial charge in [-0.05, 0) is 38.8 Å². The Kier molecular flexibility index (Phi) is 4.39. The van der Waals surface area contributed by atoms with Crippen molar-refractivity contribution in [1.82, 2.24) is 14.7 Å². The number of benzene rings is 1. The van der Waals surface area contributed by atoms with Gasteiger partial charge < -0.3 is 9.80 Å². The van der Waals surface area contributed by atoms with E-state index in [0.29, 0.717) is 13.1 Å². The fraction of sp³-hybridized carbons (Fsp3) is 0.556. The number of carbonyl (C=O) groups is 2. The zero-order chi connectivity index (χ0) is 16.4. The van der Waals surface area contributed by atoms with Crippen molar-refractivity contribution in [2.45, 2.75) is 31.7 Å². The smallest absolute Gasteiger partial charge is 0.309 e. The minimum absolute atomic E-state index is 0.00571. The van der Waals surface area contributed by atoms with Gasteiger partial charge in [0.15, 0.2) is 0 Å². The Labute approximate surface area is 137 Å². The largest absolute Gasteiger partial charge is 0.327 e. The number of likely N-dealkylation sites (N-methyl/N-ethyl adjacent to an activating group) is 1. The van der Waals surface area contributed by atoms with Crippen LogP contribution in [0.3, 0.4) is 0 Å². The number of hydrogen-bond acceptors (Lipinski definition) is 3. The van der Waals surface area contributed by atoms with Crippen LogP contribution in [0, 0.1) is 0 Å². The lowest BCUT2D eigenvalue weighted by atomic mass is 9.85. The van der Waals surface area contributed by atoms with E-state index in [1.807, 2.05) is 30.0 Å². The Bertz CT molecular complexity index is 579. The van der Waals surface area contributed by atoms with Crippen LogP contribution in [0.5, 0.6) is 0 Å². The number of nitrogens with zero attached hydrogens (tertiary/aromatic N) is 3. The van der Waals surface area contributed by atoms with Crippen LogP contribution in [0.4, 0.5) is 4.79 Å². The number of likely N-dealkylation sites (tertiary alicyclic amines) is 1. The molecule has 1 spiro atoms. The van der Waals surface area contributed by atoms with E-state index in [4.69, 9.17) is 0 Å². The average molecular weight is 315 g/mol. The second kappa shape index (κ2) is 6.32. The lowest BCUT2D eigenvalue weighted by Gasteiger charge is -2.41. The maximum atomic E-state index is 12.9. The summed E-state index contributed by atoms with van der Waals surface area (Å²) in [6.07, 6.45) is 2.26. The summed E-state index contributed by atoms with van der Waals surface area (Å²) >= 11 is 0. The highest BCUT2D eigenvalue weighted by molar-refractivity contribution is 6.07. The molecule has 0 bridgehead atoms. The van der Waals surface area contributed by atoms with Crippen LogP contribution in [0.1, 0.15) is 25.3 Å². The molecule has 3 amide bonds. The molecule has 5 nitrogen and oxygen atoms in total. The fourth-order valence-electron chi connectivity index (χ4n) is 3.73. The van der Waals surface area contributed by atoms with Crippen molar-refractivity contribution < 1.29 is 9.59 Å². The average Bonchev–Trinajstić information content (AvgIpc) is 2.76. The first-order valence-electron chi connectivity index (χ1n) is 8.44. The molecule has 0 aliphatic carbocycles. The van der Waals surface area contributed by atoms with Crippen LogP contribution in [0.15, 0.2) is 30.3 Å². The number of rotatable bonds is 4. The Morgan fingerprint density at radius 3 is 2.35 bits per heavy atom. The molecule has 3 rings (SSSR count). The third kappa shape index (κ3) is 2.74. The monoisotopic (exact) mass is 315 g/mol. The van der Waals surface area contributed by atoms with Crippen molar-refractivity contribution in [2.24, 2.45) is 0 Å². The van der Waals surface area contributed by atoms with E-state index < -0.39 is 5.54 Å². The van der Waals surface area contributed by atoms with E-state index >= 15 is 0 Å². The highest BCUT2D eigenvalue weighted by Gasteiger charge is 2.56. The first-order chi connectivity index (χ1) is 11.1. The number of piperidine rings is 1. The zero-order valence-corrected chi connectivity index (χ0v) is 14.0. The van der Waals surface area contributed by atoms with Gasteiger partial charge in [-0.3, -0.25) is 9.69 Å². The van der Waals surface area contributed by atoms with Crippen LogP contribution < -0.4 is 0 Å². The van der Waals surface area contributed by atoms with Crippen molar-refractivity contribution >= 4 is 11.9 Å². The molecule has 0 saturated carbocycles. The SMILES string of the molecule is CCN1C(=O)N(CCc2ccccc2)C2(CCN(C)CC2)C1=O. The van der Waals surface area contributed by atoms with Crippen LogP contribution in [-0.4, -0.2) is 65.4 Å². The van der Waals surface area contributed by atoms with Gasteiger partial charge in [-0.25, -0.2) is 4.79 Å². The molecule has 1 aromatic carbocycles. The first kappa shape index (κ1) is 16.0. The van der Waals surface area contributed by atoms with Crippen LogP contribution in [-0.2, 0) is 11.2 Å². The van der Waals surface area contributed by atoms with Gasteiger partial charge in [-0.1, -0.05) is 30.3 Å². The maximum Gasteiger partial charge on any atom is 0.327 e. The summed E-state index contributed by atoms with van der Waals surface area (Å²) in [6.45, 7) is 4.65. The molecule has 5 heteroatoms. The second-order valence-electron chi connectivity index (χ2n) is 6.55. The molecule has 2 fully saturated rings. The third-order valence-corrected chi connectivity index (χ3v) is 5.22. The predicted molar refractivity (Wildman–Crippen MR) is 89.1 cm³/mol. The first-order valence-corrected chi connectivity index (χ1v) is 8.44. The molecule has 0 aromatic heterocycles. The van der Waals surface area contributed by atoms with Gasteiger partial charge in [0.05, 0.1) is 0 Å². The Hall–Kier alpha value is -1.88. The van der Waals surface area contributed by atoms with Gasteiger partial charge in [0.25, 0.3) is 5.91 Å². The molecule has 2 aliphatic rings. The van der Waals surface area contributed by atoms with Gasteiger partial charge in [-0.15, -0.1) is 0 Å². The van der Waals surface area contributed by atoms with E-state index in [1.54, 1.807) is 0 Å². The van der Waals surface area contributed by atoms with E-state index in [1.165, 1.54) is 10.5 Å². The zero-order valence-electron chi connectivity index (χ0n) is 14.0. The minimum atomic E-state index is -0.617. The number of carbonyl (C=O) groups excluding carboxylic acids is 2. The molecule has 0 atom stereocenters. The van der Waals surface area contributed by atoms with Crippen molar-refractivity contribution in [3.63, 3.8) is 0 Å². The number of amides is 3. The molecule has 124 valence electrons. The van der Waals surface area contributed by atoms with Crippen LogP contribution >= 0.6 is 0 Å². The summed E-state index contributed by atoms with van der Waals surface area (Å²) in [5.74, 6) is 0.00571. The second-order valence-corrected chi connectivity index (χ2v) is 6.55. The van der Waals surface area contributed by atoms with E-state index in [-0.39, 0.29) is 11.9 Å². The quantitative estimate of drug-likeness (QED) is 0.798. The van der Waals surface area contributed by atoms with Crippen LogP contribution in [0.25, 0.3) is 0 Å². The van der Waals surface area contributed by atoms with Gasteiger partial charge in [0.1, 0.15) is 5.54 Å².